The third-order valence-electron chi connectivity index (χ3n) is 3.89. The number of thioether (sulfide) groups is 1. The van der Waals surface area contributed by atoms with E-state index in [-0.39, 0.29) is 5.25 Å². The molecule has 1 atom stereocenters. The minimum atomic E-state index is -0.0264. The number of hydrogen-bond donors (Lipinski definition) is 0. The summed E-state index contributed by atoms with van der Waals surface area (Å²) in [6.45, 7) is 4.07. The Morgan fingerprint density at radius 3 is 2.56 bits per heavy atom. The smallest absolute Gasteiger partial charge is 0.247 e. The number of hydrogen-bond acceptors (Lipinski definition) is 7. The van der Waals surface area contributed by atoms with Crippen LogP contribution in [-0.2, 0) is 0 Å². The van der Waals surface area contributed by atoms with Crippen molar-refractivity contribution in [3.05, 3.63) is 70.0 Å². The monoisotopic (exact) mass is 412 g/mol. The van der Waals surface area contributed by atoms with E-state index in [2.05, 4.69) is 15.3 Å². The number of benzene rings is 2. The molecule has 0 N–H and O–H groups in total. The first-order chi connectivity index (χ1) is 13.1. The van der Waals surface area contributed by atoms with Gasteiger partial charge in [0.1, 0.15) is 0 Å². The Labute approximate surface area is 170 Å². The molecule has 0 saturated carbocycles. The summed E-state index contributed by atoms with van der Waals surface area (Å²) in [5.74, 6) is 1.10. The van der Waals surface area contributed by atoms with Crippen molar-refractivity contribution < 1.29 is 4.42 Å². The molecule has 27 heavy (non-hydrogen) atoms. The molecule has 0 spiro atoms. The Balaban J connectivity index is 1.52. The van der Waals surface area contributed by atoms with E-state index in [0.717, 1.165) is 15.6 Å². The van der Waals surface area contributed by atoms with Crippen LogP contribution in [0.25, 0.3) is 17.1 Å². The molecule has 4 aromatic rings. The molecule has 4 rings (SSSR count). The first-order valence-electron chi connectivity index (χ1n) is 8.33. The summed E-state index contributed by atoms with van der Waals surface area (Å²) in [7, 11) is 0. The predicted molar refractivity (Wildman–Crippen MR) is 111 cm³/mol. The Hall–Kier alpha value is -2.29. The third-order valence-corrected chi connectivity index (χ3v) is 6.30. The number of aromatic nitrogens is 4. The van der Waals surface area contributed by atoms with Crippen molar-refractivity contribution in [2.24, 2.45) is 0 Å². The summed E-state index contributed by atoms with van der Waals surface area (Å²) in [5.41, 5.74) is 3.07. The van der Waals surface area contributed by atoms with E-state index >= 15 is 0 Å². The highest BCUT2D eigenvalue weighted by Crippen LogP contribution is 2.36. The van der Waals surface area contributed by atoms with Crippen LogP contribution < -0.4 is 0 Å². The van der Waals surface area contributed by atoms with Crippen LogP contribution in [0.5, 0.6) is 0 Å². The minimum Gasteiger partial charge on any atom is -0.419 e. The van der Waals surface area contributed by atoms with Crippen LogP contribution in [0, 0.1) is 10.9 Å². The molecule has 0 saturated heterocycles. The molecule has 0 aliphatic rings. The number of aryl methyl sites for hydroxylation is 1. The SMILES string of the molecule is Cc1ccc(-c2nnc([C@H](C)Sc3nn(-c4ccccc4)c(=S)s3)o2)cc1. The van der Waals surface area contributed by atoms with Crippen LogP contribution in [0.4, 0.5) is 0 Å². The van der Waals surface area contributed by atoms with Crippen molar-refractivity contribution in [1.29, 1.82) is 0 Å². The lowest BCUT2D eigenvalue weighted by molar-refractivity contribution is 0.509. The summed E-state index contributed by atoms with van der Waals surface area (Å²) >= 11 is 8.49. The zero-order valence-electron chi connectivity index (χ0n) is 14.7. The van der Waals surface area contributed by atoms with Gasteiger partial charge in [0.05, 0.1) is 10.9 Å². The Bertz CT molecular complexity index is 1100. The molecule has 0 fully saturated rings. The highest BCUT2D eigenvalue weighted by Gasteiger charge is 2.18. The summed E-state index contributed by atoms with van der Waals surface area (Å²) in [6.07, 6.45) is 0. The molecule has 5 nitrogen and oxygen atoms in total. The van der Waals surface area contributed by atoms with Gasteiger partial charge in [0.25, 0.3) is 0 Å². The number of rotatable bonds is 5. The van der Waals surface area contributed by atoms with E-state index in [1.54, 1.807) is 16.4 Å². The van der Waals surface area contributed by atoms with Gasteiger partial charge in [-0.25, -0.2) is 4.68 Å². The van der Waals surface area contributed by atoms with Crippen LogP contribution in [0.3, 0.4) is 0 Å². The third kappa shape index (κ3) is 4.02. The zero-order chi connectivity index (χ0) is 18.8. The molecule has 0 radical (unpaired) electrons. The molecule has 2 aromatic carbocycles. The quantitative estimate of drug-likeness (QED) is 0.302. The van der Waals surface area contributed by atoms with Crippen molar-refractivity contribution in [3.8, 4) is 17.1 Å². The largest absolute Gasteiger partial charge is 0.419 e. The number of para-hydroxylation sites is 1. The van der Waals surface area contributed by atoms with Crippen molar-refractivity contribution in [3.63, 3.8) is 0 Å². The van der Waals surface area contributed by atoms with Gasteiger partial charge in [0.2, 0.25) is 11.8 Å². The van der Waals surface area contributed by atoms with Crippen molar-refractivity contribution in [2.75, 3.05) is 0 Å². The molecule has 0 aliphatic heterocycles. The van der Waals surface area contributed by atoms with E-state index in [4.69, 9.17) is 16.6 Å². The first kappa shape index (κ1) is 18.1. The molecule has 0 unspecified atom stereocenters. The Kier molecular flexibility index (Phi) is 5.20. The second-order valence-corrected chi connectivity index (χ2v) is 9.16. The molecule has 136 valence electrons. The van der Waals surface area contributed by atoms with Crippen LogP contribution >= 0.6 is 35.3 Å². The van der Waals surface area contributed by atoms with E-state index in [0.29, 0.717) is 15.7 Å². The lowest BCUT2D eigenvalue weighted by Gasteiger charge is -2.03. The van der Waals surface area contributed by atoms with E-state index in [9.17, 15) is 0 Å². The van der Waals surface area contributed by atoms with Gasteiger partial charge in [0, 0.05) is 5.56 Å². The zero-order valence-corrected chi connectivity index (χ0v) is 17.1. The maximum atomic E-state index is 5.87. The molecule has 8 heteroatoms. The topological polar surface area (TPSA) is 56.7 Å². The van der Waals surface area contributed by atoms with Crippen LogP contribution in [0.1, 0.15) is 23.6 Å². The van der Waals surface area contributed by atoms with Crippen LogP contribution in [0.2, 0.25) is 0 Å². The molecule has 0 amide bonds. The summed E-state index contributed by atoms with van der Waals surface area (Å²) < 4.78 is 9.22. The lowest BCUT2D eigenvalue weighted by Crippen LogP contribution is -1.96. The van der Waals surface area contributed by atoms with Gasteiger partial charge >= 0.3 is 0 Å². The van der Waals surface area contributed by atoms with E-state index < -0.39 is 0 Å². The fraction of sp³-hybridized carbons (Fsp3) is 0.158. The predicted octanol–water partition coefficient (Wildman–Crippen LogP) is 5.88. The van der Waals surface area contributed by atoms with Gasteiger partial charge in [-0.05, 0) is 50.3 Å². The molecular weight excluding hydrogens is 396 g/mol. The maximum absolute atomic E-state index is 5.87. The van der Waals surface area contributed by atoms with E-state index in [1.807, 2.05) is 68.4 Å². The average Bonchev–Trinajstić information content (AvgIpc) is 3.30. The van der Waals surface area contributed by atoms with Gasteiger partial charge in [0.15, 0.2) is 8.29 Å². The Morgan fingerprint density at radius 2 is 1.81 bits per heavy atom. The highest BCUT2D eigenvalue weighted by atomic mass is 32.2. The maximum Gasteiger partial charge on any atom is 0.247 e. The normalized spacial score (nSPS) is 12.2. The van der Waals surface area contributed by atoms with Crippen LogP contribution in [0.15, 0.2) is 63.4 Å². The summed E-state index contributed by atoms with van der Waals surface area (Å²) in [5, 5.41) is 13.0. The van der Waals surface area contributed by atoms with Crippen molar-refractivity contribution in [2.45, 2.75) is 23.4 Å². The molecule has 0 bridgehead atoms. The van der Waals surface area contributed by atoms with Gasteiger partial charge in [-0.15, -0.1) is 15.3 Å². The summed E-state index contributed by atoms with van der Waals surface area (Å²) in [4.78, 5) is 0. The first-order valence-corrected chi connectivity index (χ1v) is 10.4. The molecule has 2 heterocycles. The standard InChI is InChI=1S/C19H16N4OS3/c1-12-8-10-14(11-9-12)17-21-20-16(24-17)13(2)26-18-22-23(19(25)27-18)15-6-4-3-5-7-15/h3-11,13H,1-2H3/t13-/m0/s1. The van der Waals surface area contributed by atoms with Crippen molar-refractivity contribution in [1.82, 2.24) is 20.0 Å². The van der Waals surface area contributed by atoms with Gasteiger partial charge in [-0.3, -0.25) is 0 Å². The second-order valence-electron chi connectivity index (χ2n) is 5.95. The van der Waals surface area contributed by atoms with Crippen molar-refractivity contribution >= 4 is 35.3 Å². The van der Waals surface area contributed by atoms with Crippen LogP contribution in [-0.4, -0.2) is 20.0 Å². The minimum absolute atomic E-state index is 0.0264. The fourth-order valence-corrected chi connectivity index (χ4v) is 4.99. The van der Waals surface area contributed by atoms with E-state index in [1.165, 1.54) is 16.9 Å². The van der Waals surface area contributed by atoms with Gasteiger partial charge in [-0.2, -0.15) is 0 Å². The Morgan fingerprint density at radius 1 is 1.07 bits per heavy atom. The highest BCUT2D eigenvalue weighted by molar-refractivity contribution is 8.01. The second kappa shape index (κ2) is 7.75. The number of nitrogens with zero attached hydrogens (tertiary/aromatic N) is 4. The fourth-order valence-electron chi connectivity index (χ4n) is 2.45. The molecule has 2 aromatic heterocycles. The lowest BCUT2D eigenvalue weighted by atomic mass is 10.1. The summed E-state index contributed by atoms with van der Waals surface area (Å²) in [6, 6.07) is 17.9. The van der Waals surface area contributed by atoms with Gasteiger partial charge in [-0.1, -0.05) is 59.0 Å². The van der Waals surface area contributed by atoms with Gasteiger partial charge < -0.3 is 4.42 Å². The average molecular weight is 413 g/mol. The molecule has 0 aliphatic carbocycles. The molecular formula is C19H16N4OS3.